The zero-order valence-electron chi connectivity index (χ0n) is 14.3. The van der Waals surface area contributed by atoms with Gasteiger partial charge in [-0.1, -0.05) is 0 Å². The van der Waals surface area contributed by atoms with Crippen molar-refractivity contribution < 1.29 is 18.7 Å². The summed E-state index contributed by atoms with van der Waals surface area (Å²) in [6, 6.07) is 2.03. The lowest BCUT2D eigenvalue weighted by Crippen LogP contribution is -2.37. The lowest BCUT2D eigenvalue weighted by atomic mass is 9.97. The Balaban J connectivity index is 1.40. The third-order valence-electron chi connectivity index (χ3n) is 4.53. The second-order valence-corrected chi connectivity index (χ2v) is 6.49. The van der Waals surface area contributed by atoms with Crippen molar-refractivity contribution in [1.82, 2.24) is 10.3 Å². The van der Waals surface area contributed by atoms with E-state index in [1.54, 1.807) is 6.92 Å². The number of ether oxygens (including phenoxy) is 1. The van der Waals surface area contributed by atoms with Crippen LogP contribution in [0.25, 0.3) is 0 Å². The number of oxazole rings is 1. The summed E-state index contributed by atoms with van der Waals surface area (Å²) < 4.78 is 10.8. The number of nitrogens with zero attached hydrogens (tertiary/aromatic N) is 3. The predicted octanol–water partition coefficient (Wildman–Crippen LogP) is 1.14. The van der Waals surface area contributed by atoms with E-state index in [0.717, 1.165) is 12.8 Å². The number of anilines is 1. The number of nitriles is 1. The van der Waals surface area contributed by atoms with Crippen molar-refractivity contribution in [3.8, 4) is 6.07 Å². The van der Waals surface area contributed by atoms with Gasteiger partial charge in [-0.25, -0.2) is 4.98 Å². The van der Waals surface area contributed by atoms with Crippen LogP contribution in [-0.4, -0.2) is 43.1 Å². The van der Waals surface area contributed by atoms with Gasteiger partial charge < -0.3 is 19.4 Å². The molecule has 1 N–H and O–H groups in total. The Morgan fingerprint density at radius 3 is 2.68 bits per heavy atom. The molecule has 1 aliphatic heterocycles. The molecule has 3 rings (SSSR count). The minimum absolute atomic E-state index is 0.0556. The van der Waals surface area contributed by atoms with Crippen molar-refractivity contribution in [3.05, 3.63) is 11.6 Å². The summed E-state index contributed by atoms with van der Waals surface area (Å²) in [5, 5.41) is 11.9. The molecule has 1 aromatic rings. The lowest BCUT2D eigenvalue weighted by Gasteiger charge is -2.30. The van der Waals surface area contributed by atoms with Crippen LogP contribution in [0.15, 0.2) is 4.42 Å². The first-order chi connectivity index (χ1) is 12.1. The van der Waals surface area contributed by atoms with Crippen LogP contribution >= 0.6 is 0 Å². The Morgan fingerprint density at radius 2 is 2.04 bits per heavy atom. The number of piperidine rings is 1. The average molecular weight is 346 g/mol. The number of aromatic nitrogens is 1. The Hall–Kier alpha value is -2.56. The maximum Gasteiger partial charge on any atom is 0.309 e. The first-order valence-corrected chi connectivity index (χ1v) is 8.65. The topological polar surface area (TPSA) is 108 Å². The SMILES string of the molecule is Cc1nc(C#N)c(N2CCC(C(=O)OCCNC(=O)C3CC3)CC2)o1. The van der Waals surface area contributed by atoms with Gasteiger partial charge in [-0.2, -0.15) is 5.26 Å². The first-order valence-electron chi connectivity index (χ1n) is 8.65. The lowest BCUT2D eigenvalue weighted by molar-refractivity contribution is -0.149. The van der Waals surface area contributed by atoms with Crippen molar-refractivity contribution in [1.29, 1.82) is 5.26 Å². The van der Waals surface area contributed by atoms with Crippen molar-refractivity contribution in [2.45, 2.75) is 32.6 Å². The highest BCUT2D eigenvalue weighted by Crippen LogP contribution is 2.29. The highest BCUT2D eigenvalue weighted by atomic mass is 16.5. The molecule has 0 atom stereocenters. The second-order valence-electron chi connectivity index (χ2n) is 6.49. The molecule has 2 aliphatic rings. The highest BCUT2D eigenvalue weighted by Gasteiger charge is 2.30. The van der Waals surface area contributed by atoms with Gasteiger partial charge in [0.2, 0.25) is 17.5 Å². The predicted molar refractivity (Wildman–Crippen MR) is 87.6 cm³/mol. The number of nitrogens with one attached hydrogen (secondary N) is 1. The number of hydrogen-bond donors (Lipinski definition) is 1. The van der Waals surface area contributed by atoms with Crippen molar-refractivity contribution in [2.75, 3.05) is 31.1 Å². The van der Waals surface area contributed by atoms with Gasteiger partial charge in [0.1, 0.15) is 12.7 Å². The zero-order chi connectivity index (χ0) is 17.8. The third-order valence-corrected chi connectivity index (χ3v) is 4.53. The van der Waals surface area contributed by atoms with Crippen LogP contribution in [0.1, 0.15) is 37.3 Å². The van der Waals surface area contributed by atoms with E-state index in [1.165, 1.54) is 0 Å². The number of hydrogen-bond acceptors (Lipinski definition) is 7. The van der Waals surface area contributed by atoms with Gasteiger partial charge in [-0.05, 0) is 25.7 Å². The van der Waals surface area contributed by atoms with E-state index < -0.39 is 0 Å². The summed E-state index contributed by atoms with van der Waals surface area (Å²) in [5.74, 6) is 0.772. The number of rotatable bonds is 6. The minimum atomic E-state index is -0.227. The molecular weight excluding hydrogens is 324 g/mol. The summed E-state index contributed by atoms with van der Waals surface area (Å²) in [7, 11) is 0. The highest BCUT2D eigenvalue weighted by molar-refractivity contribution is 5.80. The van der Waals surface area contributed by atoms with E-state index in [-0.39, 0.29) is 36.0 Å². The summed E-state index contributed by atoms with van der Waals surface area (Å²) in [6.07, 6.45) is 3.20. The fraction of sp³-hybridized carbons (Fsp3) is 0.647. The number of aryl methyl sites for hydroxylation is 1. The molecule has 8 nitrogen and oxygen atoms in total. The molecule has 2 fully saturated rings. The van der Waals surface area contributed by atoms with Crippen LogP contribution < -0.4 is 10.2 Å². The molecule has 0 unspecified atom stereocenters. The second kappa shape index (κ2) is 7.55. The maximum atomic E-state index is 12.1. The van der Waals surface area contributed by atoms with Crippen LogP contribution in [-0.2, 0) is 14.3 Å². The Labute approximate surface area is 146 Å². The van der Waals surface area contributed by atoms with Gasteiger partial charge >= 0.3 is 5.97 Å². The van der Waals surface area contributed by atoms with Crippen LogP contribution in [0.2, 0.25) is 0 Å². The number of carbonyl (C=O) groups is 2. The smallest absolute Gasteiger partial charge is 0.309 e. The van der Waals surface area contributed by atoms with Gasteiger partial charge in [-0.15, -0.1) is 0 Å². The van der Waals surface area contributed by atoms with E-state index in [4.69, 9.17) is 14.4 Å². The normalized spacial score (nSPS) is 17.8. The molecule has 1 amide bonds. The van der Waals surface area contributed by atoms with Crippen LogP contribution in [0.3, 0.4) is 0 Å². The molecule has 134 valence electrons. The number of carbonyl (C=O) groups excluding carboxylic acids is 2. The fourth-order valence-corrected chi connectivity index (χ4v) is 2.96. The van der Waals surface area contributed by atoms with E-state index in [0.29, 0.717) is 44.3 Å². The van der Waals surface area contributed by atoms with Gasteiger partial charge in [0.25, 0.3) is 0 Å². The Morgan fingerprint density at radius 1 is 1.32 bits per heavy atom. The van der Waals surface area contributed by atoms with E-state index in [1.807, 2.05) is 11.0 Å². The largest absolute Gasteiger partial charge is 0.464 e. The van der Waals surface area contributed by atoms with Crippen molar-refractivity contribution in [3.63, 3.8) is 0 Å². The van der Waals surface area contributed by atoms with E-state index in [9.17, 15) is 9.59 Å². The molecule has 0 radical (unpaired) electrons. The summed E-state index contributed by atoms with van der Waals surface area (Å²) in [6.45, 7) is 3.50. The van der Waals surface area contributed by atoms with Gasteiger partial charge in [0.05, 0.1) is 12.5 Å². The molecule has 0 spiro atoms. The molecular formula is C17H22N4O4. The standard InChI is InChI=1S/C17H22N4O4/c1-11-20-14(10-18)16(25-11)21-7-4-13(5-8-21)17(23)24-9-6-19-15(22)12-2-3-12/h12-13H,2-9H2,1H3,(H,19,22). The molecule has 8 heteroatoms. The molecule has 1 aliphatic carbocycles. The van der Waals surface area contributed by atoms with Gasteiger partial charge in [0.15, 0.2) is 5.89 Å². The van der Waals surface area contributed by atoms with Crippen molar-refractivity contribution >= 4 is 17.8 Å². The number of esters is 1. The summed E-state index contributed by atoms with van der Waals surface area (Å²) in [4.78, 5) is 29.6. The zero-order valence-corrected chi connectivity index (χ0v) is 14.3. The molecule has 2 heterocycles. The fourth-order valence-electron chi connectivity index (χ4n) is 2.96. The quantitative estimate of drug-likeness (QED) is 0.608. The molecule has 0 aromatic carbocycles. The Bertz CT molecular complexity index is 681. The van der Waals surface area contributed by atoms with Gasteiger partial charge in [-0.3, -0.25) is 9.59 Å². The monoisotopic (exact) mass is 346 g/mol. The minimum Gasteiger partial charge on any atom is -0.464 e. The third kappa shape index (κ3) is 4.29. The maximum absolute atomic E-state index is 12.1. The first kappa shape index (κ1) is 17.3. The summed E-state index contributed by atoms with van der Waals surface area (Å²) >= 11 is 0. The van der Waals surface area contributed by atoms with Crippen LogP contribution in [0.4, 0.5) is 5.88 Å². The Kier molecular flexibility index (Phi) is 5.22. The van der Waals surface area contributed by atoms with Crippen LogP contribution in [0.5, 0.6) is 0 Å². The summed E-state index contributed by atoms with van der Waals surface area (Å²) in [5.41, 5.74) is 0.282. The van der Waals surface area contributed by atoms with E-state index in [2.05, 4.69) is 10.3 Å². The van der Waals surface area contributed by atoms with Crippen LogP contribution in [0, 0.1) is 30.1 Å². The molecule has 1 saturated carbocycles. The van der Waals surface area contributed by atoms with E-state index >= 15 is 0 Å². The van der Waals surface area contributed by atoms with Gasteiger partial charge in [0, 0.05) is 25.9 Å². The average Bonchev–Trinajstić information content (AvgIpc) is 3.40. The molecule has 1 aromatic heterocycles. The van der Waals surface area contributed by atoms with Crippen molar-refractivity contribution in [2.24, 2.45) is 11.8 Å². The number of amides is 1. The molecule has 0 bridgehead atoms. The molecule has 1 saturated heterocycles. The molecule has 25 heavy (non-hydrogen) atoms.